The lowest BCUT2D eigenvalue weighted by molar-refractivity contribution is -0.119. The summed E-state index contributed by atoms with van der Waals surface area (Å²) in [5, 5.41) is 2.77. The molecular weight excluding hydrogens is 219 g/mol. The monoisotopic (exact) mass is 230 g/mol. The molecule has 1 aromatic carbocycles. The maximum Gasteiger partial charge on any atom is 0.228 e. The van der Waals surface area contributed by atoms with Crippen LogP contribution in [-0.2, 0) is 4.79 Å². The van der Waals surface area contributed by atoms with Gasteiger partial charge in [-0.1, -0.05) is 18.5 Å². The van der Waals surface area contributed by atoms with Gasteiger partial charge in [0.2, 0.25) is 5.91 Å². The van der Waals surface area contributed by atoms with Gasteiger partial charge < -0.3 is 11.1 Å². The minimum atomic E-state index is -0.488. The van der Waals surface area contributed by atoms with Crippen molar-refractivity contribution < 1.29 is 9.18 Å². The predicted octanol–water partition coefficient (Wildman–Crippen LogP) is 2.01. The number of amides is 1. The summed E-state index contributed by atoms with van der Waals surface area (Å²) in [5.74, 6) is -1.05. The van der Waals surface area contributed by atoms with Crippen molar-refractivity contribution in [2.24, 2.45) is 11.7 Å². The SMILES string of the molecule is CC(CN)C(=O)Nc1cc(F)cc(Cl)c1. The van der Waals surface area contributed by atoms with Gasteiger partial charge in [-0.05, 0) is 18.2 Å². The summed E-state index contributed by atoms with van der Waals surface area (Å²) in [6.07, 6.45) is 0. The van der Waals surface area contributed by atoms with Gasteiger partial charge in [-0.3, -0.25) is 4.79 Å². The third kappa shape index (κ3) is 3.49. The third-order valence-corrected chi connectivity index (χ3v) is 2.15. The molecule has 1 unspecified atom stereocenters. The fraction of sp³-hybridized carbons (Fsp3) is 0.300. The van der Waals surface area contributed by atoms with Crippen LogP contribution in [0.5, 0.6) is 0 Å². The van der Waals surface area contributed by atoms with E-state index in [-0.39, 0.29) is 23.4 Å². The normalized spacial score (nSPS) is 12.3. The molecular formula is C10H12ClFN2O. The molecule has 1 atom stereocenters. The molecule has 0 aliphatic heterocycles. The number of benzene rings is 1. The van der Waals surface area contributed by atoms with Crippen LogP contribution >= 0.6 is 11.6 Å². The van der Waals surface area contributed by atoms with Gasteiger partial charge in [0.1, 0.15) is 5.82 Å². The van der Waals surface area contributed by atoms with Crippen molar-refractivity contribution in [3.63, 3.8) is 0 Å². The van der Waals surface area contributed by atoms with E-state index in [4.69, 9.17) is 17.3 Å². The summed E-state index contributed by atoms with van der Waals surface area (Å²) < 4.78 is 12.9. The molecule has 0 aromatic heterocycles. The zero-order chi connectivity index (χ0) is 11.4. The Morgan fingerprint density at radius 1 is 1.60 bits per heavy atom. The lowest BCUT2D eigenvalue weighted by atomic mass is 10.1. The number of hydrogen-bond acceptors (Lipinski definition) is 2. The minimum absolute atomic E-state index is 0.241. The Hall–Kier alpha value is -1.13. The van der Waals surface area contributed by atoms with E-state index < -0.39 is 5.82 Å². The largest absolute Gasteiger partial charge is 0.330 e. The first-order valence-electron chi connectivity index (χ1n) is 4.50. The van der Waals surface area contributed by atoms with Crippen molar-refractivity contribution in [2.45, 2.75) is 6.92 Å². The van der Waals surface area contributed by atoms with Gasteiger partial charge in [-0.2, -0.15) is 0 Å². The van der Waals surface area contributed by atoms with Crippen LogP contribution in [0.3, 0.4) is 0 Å². The molecule has 0 heterocycles. The number of nitrogens with one attached hydrogen (secondary N) is 1. The third-order valence-electron chi connectivity index (χ3n) is 1.93. The second-order valence-electron chi connectivity index (χ2n) is 3.28. The van der Waals surface area contributed by atoms with E-state index in [1.807, 2.05) is 0 Å². The average Bonchev–Trinajstić information content (AvgIpc) is 2.14. The van der Waals surface area contributed by atoms with Crippen LogP contribution in [0.25, 0.3) is 0 Å². The van der Waals surface area contributed by atoms with E-state index in [0.717, 1.165) is 0 Å². The first kappa shape index (κ1) is 11.9. The van der Waals surface area contributed by atoms with E-state index in [1.165, 1.54) is 18.2 Å². The van der Waals surface area contributed by atoms with Gasteiger partial charge in [0.25, 0.3) is 0 Å². The first-order chi connectivity index (χ1) is 7.02. The molecule has 0 spiro atoms. The summed E-state index contributed by atoms with van der Waals surface area (Å²) in [4.78, 5) is 11.4. The summed E-state index contributed by atoms with van der Waals surface area (Å²) in [5.41, 5.74) is 5.66. The maximum absolute atomic E-state index is 12.9. The molecule has 0 radical (unpaired) electrons. The number of carbonyl (C=O) groups excluding carboxylic acids is 1. The predicted molar refractivity (Wildman–Crippen MR) is 58.3 cm³/mol. The van der Waals surface area contributed by atoms with E-state index in [2.05, 4.69) is 5.32 Å². The second kappa shape index (κ2) is 5.09. The Labute approximate surface area is 92.4 Å². The standard InChI is InChI=1S/C10H12ClFN2O/c1-6(5-13)10(15)14-9-3-7(11)2-8(12)4-9/h2-4,6H,5,13H2,1H3,(H,14,15). The van der Waals surface area contributed by atoms with Gasteiger partial charge in [0.15, 0.2) is 0 Å². The Balaban J connectivity index is 2.76. The number of halogens is 2. The molecule has 5 heteroatoms. The van der Waals surface area contributed by atoms with Crippen molar-refractivity contribution >= 4 is 23.2 Å². The van der Waals surface area contributed by atoms with Crippen molar-refractivity contribution in [3.05, 3.63) is 29.0 Å². The zero-order valence-electron chi connectivity index (χ0n) is 8.26. The number of rotatable bonds is 3. The Kier molecular flexibility index (Phi) is 4.05. The number of nitrogens with two attached hydrogens (primary N) is 1. The Morgan fingerprint density at radius 3 is 2.80 bits per heavy atom. The molecule has 15 heavy (non-hydrogen) atoms. The van der Waals surface area contributed by atoms with E-state index >= 15 is 0 Å². The van der Waals surface area contributed by atoms with Crippen LogP contribution in [0.15, 0.2) is 18.2 Å². The fourth-order valence-corrected chi connectivity index (χ4v) is 1.22. The van der Waals surface area contributed by atoms with Crippen LogP contribution in [-0.4, -0.2) is 12.5 Å². The molecule has 1 amide bonds. The first-order valence-corrected chi connectivity index (χ1v) is 4.87. The summed E-state index contributed by atoms with van der Waals surface area (Å²) >= 11 is 5.63. The summed E-state index contributed by atoms with van der Waals surface area (Å²) in [6.45, 7) is 1.94. The van der Waals surface area contributed by atoms with E-state index in [9.17, 15) is 9.18 Å². The van der Waals surface area contributed by atoms with Crippen molar-refractivity contribution in [3.8, 4) is 0 Å². The molecule has 0 saturated heterocycles. The highest BCUT2D eigenvalue weighted by Gasteiger charge is 2.11. The highest BCUT2D eigenvalue weighted by molar-refractivity contribution is 6.30. The number of anilines is 1. The van der Waals surface area contributed by atoms with Crippen LogP contribution in [0, 0.1) is 11.7 Å². The topological polar surface area (TPSA) is 55.1 Å². The van der Waals surface area contributed by atoms with Crippen molar-refractivity contribution in [1.29, 1.82) is 0 Å². The summed E-state index contributed by atoms with van der Waals surface area (Å²) in [7, 11) is 0. The van der Waals surface area contributed by atoms with E-state index in [1.54, 1.807) is 6.92 Å². The van der Waals surface area contributed by atoms with Crippen LogP contribution in [0.4, 0.5) is 10.1 Å². The molecule has 0 fully saturated rings. The number of carbonyl (C=O) groups is 1. The van der Waals surface area contributed by atoms with Gasteiger partial charge in [-0.25, -0.2) is 4.39 Å². The second-order valence-corrected chi connectivity index (χ2v) is 3.72. The van der Waals surface area contributed by atoms with Gasteiger partial charge in [0.05, 0.1) is 0 Å². The van der Waals surface area contributed by atoms with Crippen LogP contribution in [0.2, 0.25) is 5.02 Å². The molecule has 1 rings (SSSR count). The molecule has 0 bridgehead atoms. The molecule has 3 nitrogen and oxygen atoms in total. The quantitative estimate of drug-likeness (QED) is 0.835. The van der Waals surface area contributed by atoms with Gasteiger partial charge >= 0.3 is 0 Å². The Bertz CT molecular complexity index is 350. The van der Waals surface area contributed by atoms with Crippen LogP contribution < -0.4 is 11.1 Å². The molecule has 0 saturated carbocycles. The molecule has 0 aliphatic carbocycles. The Morgan fingerprint density at radius 2 is 2.27 bits per heavy atom. The molecule has 82 valence electrons. The van der Waals surface area contributed by atoms with Gasteiger partial charge in [0, 0.05) is 23.2 Å². The van der Waals surface area contributed by atoms with Crippen molar-refractivity contribution in [1.82, 2.24) is 0 Å². The number of hydrogen-bond donors (Lipinski definition) is 2. The maximum atomic E-state index is 12.9. The fourth-order valence-electron chi connectivity index (χ4n) is 0.998. The molecule has 0 aliphatic rings. The highest BCUT2D eigenvalue weighted by atomic mass is 35.5. The smallest absolute Gasteiger partial charge is 0.228 e. The van der Waals surface area contributed by atoms with Gasteiger partial charge in [-0.15, -0.1) is 0 Å². The minimum Gasteiger partial charge on any atom is -0.330 e. The lowest BCUT2D eigenvalue weighted by Gasteiger charge is -2.10. The molecule has 3 N–H and O–H groups in total. The zero-order valence-corrected chi connectivity index (χ0v) is 9.01. The molecule has 1 aromatic rings. The average molecular weight is 231 g/mol. The van der Waals surface area contributed by atoms with Crippen LogP contribution in [0.1, 0.15) is 6.92 Å². The summed E-state index contributed by atoms with van der Waals surface area (Å²) in [6, 6.07) is 3.85. The van der Waals surface area contributed by atoms with E-state index in [0.29, 0.717) is 5.69 Å². The van der Waals surface area contributed by atoms with Crippen molar-refractivity contribution in [2.75, 3.05) is 11.9 Å². The lowest BCUT2D eigenvalue weighted by Crippen LogP contribution is -2.26. The highest BCUT2D eigenvalue weighted by Crippen LogP contribution is 2.18.